The van der Waals surface area contributed by atoms with E-state index in [1.165, 1.54) is 23.2 Å². The van der Waals surface area contributed by atoms with E-state index in [0.717, 1.165) is 17.5 Å². The molecule has 0 saturated heterocycles. The first-order chi connectivity index (χ1) is 20.9. The molecular weight excluding hydrogens is 579 g/mol. The molecule has 0 aliphatic rings. The zero-order valence-corrected chi connectivity index (χ0v) is 24.2. The number of para-hydroxylation sites is 1. The maximum atomic E-state index is 13.5. The van der Waals surface area contributed by atoms with E-state index in [0.29, 0.717) is 16.8 Å². The Morgan fingerprint density at radius 1 is 0.909 bits per heavy atom. The summed E-state index contributed by atoms with van der Waals surface area (Å²) in [5, 5.41) is 8.52. The van der Waals surface area contributed by atoms with Gasteiger partial charge in [0.15, 0.2) is 0 Å². The number of anilines is 1. The molecule has 1 aromatic heterocycles. The Morgan fingerprint density at radius 3 is 2.18 bits per heavy atom. The lowest BCUT2D eigenvalue weighted by Crippen LogP contribution is -2.55. The number of aromatic nitrogens is 1. The number of fused-ring (bicyclic) bond motifs is 1. The molecule has 11 nitrogen and oxygen atoms in total. The fourth-order valence-electron chi connectivity index (χ4n) is 4.40. The fourth-order valence-corrected chi connectivity index (χ4v) is 4.40. The Hall–Kier alpha value is -4.56. The third-order valence-electron chi connectivity index (χ3n) is 6.71. The molecule has 14 heteroatoms. The minimum Gasteiger partial charge on any atom is -0.344 e. The van der Waals surface area contributed by atoms with Crippen molar-refractivity contribution in [2.24, 2.45) is 11.5 Å². The van der Waals surface area contributed by atoms with Gasteiger partial charge in [-0.2, -0.15) is 13.2 Å². The first kappa shape index (κ1) is 33.9. The van der Waals surface area contributed by atoms with Gasteiger partial charge in [0.2, 0.25) is 23.6 Å². The van der Waals surface area contributed by atoms with Crippen LogP contribution in [-0.2, 0) is 31.8 Å². The standard InChI is InChI=1S/C30H36F3N7O4/c1-2-26(41)38-25(17-27(42)40(13-11-34)14-12-35)29(44)39-24(15-19-7-9-21(10-8-19)30(31,32)33)28(43)37-22-16-20-5-3-4-6-23(20)36-18-22/h3-10,16,18,24-25H,2,11-15,17,34-35H2,1H3,(H,37,43)(H,38,41)(H,39,44). The van der Waals surface area contributed by atoms with Gasteiger partial charge in [-0.15, -0.1) is 0 Å². The number of carbonyl (C=O) groups is 4. The quantitative estimate of drug-likeness (QED) is 0.184. The molecule has 0 saturated carbocycles. The predicted molar refractivity (Wildman–Crippen MR) is 159 cm³/mol. The summed E-state index contributed by atoms with van der Waals surface area (Å²) in [5.74, 6) is -2.50. The number of pyridine rings is 1. The summed E-state index contributed by atoms with van der Waals surface area (Å²) in [6.45, 7) is 2.25. The van der Waals surface area contributed by atoms with Gasteiger partial charge in [-0.3, -0.25) is 24.2 Å². The van der Waals surface area contributed by atoms with Crippen molar-refractivity contribution in [1.82, 2.24) is 20.5 Å². The molecule has 0 aliphatic carbocycles. The van der Waals surface area contributed by atoms with Crippen molar-refractivity contribution in [3.05, 3.63) is 71.9 Å². The number of alkyl halides is 3. The lowest BCUT2D eigenvalue weighted by atomic mass is 10.0. The number of nitrogens with zero attached hydrogens (tertiary/aromatic N) is 2. The van der Waals surface area contributed by atoms with Crippen LogP contribution >= 0.6 is 0 Å². The Labute approximate surface area is 252 Å². The fraction of sp³-hybridized carbons (Fsp3) is 0.367. The summed E-state index contributed by atoms with van der Waals surface area (Å²) in [6, 6.07) is 10.4. The van der Waals surface area contributed by atoms with Crippen LogP contribution in [0.25, 0.3) is 10.9 Å². The number of carbonyl (C=O) groups excluding carboxylic acids is 4. The van der Waals surface area contributed by atoms with E-state index >= 15 is 0 Å². The maximum Gasteiger partial charge on any atom is 0.416 e. The Bertz CT molecular complexity index is 1440. The summed E-state index contributed by atoms with van der Waals surface area (Å²) in [7, 11) is 0. The van der Waals surface area contributed by atoms with E-state index in [2.05, 4.69) is 20.9 Å². The molecule has 0 radical (unpaired) electrons. The van der Waals surface area contributed by atoms with Gasteiger partial charge in [0.05, 0.1) is 29.4 Å². The highest BCUT2D eigenvalue weighted by Crippen LogP contribution is 2.29. The molecule has 2 aromatic carbocycles. The first-order valence-corrected chi connectivity index (χ1v) is 14.0. The van der Waals surface area contributed by atoms with E-state index < -0.39 is 53.9 Å². The normalized spacial score (nSPS) is 12.7. The van der Waals surface area contributed by atoms with Crippen molar-refractivity contribution >= 4 is 40.2 Å². The van der Waals surface area contributed by atoms with Gasteiger partial charge in [-0.25, -0.2) is 0 Å². The average molecular weight is 616 g/mol. The smallest absolute Gasteiger partial charge is 0.344 e. The highest BCUT2D eigenvalue weighted by molar-refractivity contribution is 6.00. The van der Waals surface area contributed by atoms with Crippen molar-refractivity contribution in [2.45, 2.75) is 44.4 Å². The van der Waals surface area contributed by atoms with E-state index in [9.17, 15) is 32.3 Å². The largest absolute Gasteiger partial charge is 0.416 e. The molecule has 3 rings (SSSR count). The minimum atomic E-state index is -4.55. The van der Waals surface area contributed by atoms with Gasteiger partial charge in [0.25, 0.3) is 0 Å². The summed E-state index contributed by atoms with van der Waals surface area (Å²) in [4.78, 5) is 57.9. The van der Waals surface area contributed by atoms with Crippen LogP contribution in [0, 0.1) is 0 Å². The number of nitrogens with two attached hydrogens (primary N) is 2. The minimum absolute atomic E-state index is 0.0255. The number of hydrogen-bond acceptors (Lipinski definition) is 7. The third kappa shape index (κ3) is 9.74. The molecule has 0 bridgehead atoms. The van der Waals surface area contributed by atoms with E-state index in [1.54, 1.807) is 31.2 Å². The first-order valence-electron chi connectivity index (χ1n) is 14.0. The highest BCUT2D eigenvalue weighted by Gasteiger charge is 2.32. The molecule has 0 spiro atoms. The molecule has 3 aromatic rings. The zero-order chi connectivity index (χ0) is 32.3. The van der Waals surface area contributed by atoms with E-state index in [-0.39, 0.29) is 39.0 Å². The molecule has 44 heavy (non-hydrogen) atoms. The van der Waals surface area contributed by atoms with Crippen LogP contribution in [0.4, 0.5) is 18.9 Å². The lowest BCUT2D eigenvalue weighted by Gasteiger charge is -2.26. The van der Waals surface area contributed by atoms with Crippen LogP contribution in [0.5, 0.6) is 0 Å². The monoisotopic (exact) mass is 615 g/mol. The number of benzene rings is 2. The molecular formula is C30H36F3N7O4. The number of rotatable bonds is 14. The van der Waals surface area contributed by atoms with Gasteiger partial charge in [0.1, 0.15) is 12.1 Å². The maximum absolute atomic E-state index is 13.5. The Morgan fingerprint density at radius 2 is 1.57 bits per heavy atom. The van der Waals surface area contributed by atoms with Crippen LogP contribution < -0.4 is 27.4 Å². The molecule has 1 heterocycles. The van der Waals surface area contributed by atoms with Crippen molar-refractivity contribution in [3.8, 4) is 0 Å². The van der Waals surface area contributed by atoms with Gasteiger partial charge < -0.3 is 32.3 Å². The van der Waals surface area contributed by atoms with Crippen LogP contribution in [0.3, 0.4) is 0 Å². The second-order valence-corrected chi connectivity index (χ2v) is 10.0. The van der Waals surface area contributed by atoms with Gasteiger partial charge in [0, 0.05) is 44.4 Å². The second-order valence-electron chi connectivity index (χ2n) is 10.0. The summed E-state index contributed by atoms with van der Waals surface area (Å²) < 4.78 is 39.3. The van der Waals surface area contributed by atoms with Crippen molar-refractivity contribution < 1.29 is 32.3 Å². The third-order valence-corrected chi connectivity index (χ3v) is 6.71. The van der Waals surface area contributed by atoms with Crippen molar-refractivity contribution in [1.29, 1.82) is 0 Å². The molecule has 0 aliphatic heterocycles. The topological polar surface area (TPSA) is 173 Å². The van der Waals surface area contributed by atoms with Crippen molar-refractivity contribution in [2.75, 3.05) is 31.5 Å². The Balaban J connectivity index is 1.88. The van der Waals surface area contributed by atoms with Crippen LogP contribution in [0.15, 0.2) is 60.8 Å². The van der Waals surface area contributed by atoms with Crippen LogP contribution in [0.2, 0.25) is 0 Å². The van der Waals surface area contributed by atoms with Gasteiger partial charge in [-0.1, -0.05) is 37.3 Å². The van der Waals surface area contributed by atoms with Gasteiger partial charge >= 0.3 is 6.18 Å². The molecule has 2 unspecified atom stereocenters. The van der Waals surface area contributed by atoms with Crippen molar-refractivity contribution in [3.63, 3.8) is 0 Å². The number of hydrogen-bond donors (Lipinski definition) is 5. The summed E-state index contributed by atoms with van der Waals surface area (Å²) >= 11 is 0. The molecule has 7 N–H and O–H groups in total. The molecule has 0 fully saturated rings. The lowest BCUT2D eigenvalue weighted by molar-refractivity contribution is -0.138. The van der Waals surface area contributed by atoms with E-state index in [4.69, 9.17) is 11.5 Å². The molecule has 4 amide bonds. The zero-order valence-electron chi connectivity index (χ0n) is 24.2. The summed E-state index contributed by atoms with van der Waals surface area (Å²) in [5.41, 5.74) is 11.7. The SMILES string of the molecule is CCC(=O)NC(CC(=O)N(CCN)CCN)C(=O)NC(Cc1ccc(C(F)(F)F)cc1)C(=O)Nc1cnc2ccccc2c1. The number of amides is 4. The Kier molecular flexibility index (Phi) is 12.2. The predicted octanol–water partition coefficient (Wildman–Crippen LogP) is 1.95. The summed E-state index contributed by atoms with van der Waals surface area (Å²) in [6.07, 6.45) is -3.71. The number of nitrogens with one attached hydrogen (secondary N) is 3. The molecule has 236 valence electrons. The van der Waals surface area contributed by atoms with Crippen LogP contribution in [-0.4, -0.2) is 71.8 Å². The second kappa shape index (κ2) is 15.8. The average Bonchev–Trinajstić information content (AvgIpc) is 2.99. The molecule has 2 atom stereocenters. The van der Waals surface area contributed by atoms with Crippen LogP contribution in [0.1, 0.15) is 30.9 Å². The van der Waals surface area contributed by atoms with Gasteiger partial charge in [-0.05, 0) is 29.8 Å². The highest BCUT2D eigenvalue weighted by atomic mass is 19.4. The van der Waals surface area contributed by atoms with E-state index in [1.807, 2.05) is 6.07 Å². The number of halogens is 3.